The number of rotatable bonds is 9. The molecule has 3 aromatic rings. The monoisotopic (exact) mass is 490 g/mol. The molecule has 3 N–H and O–H groups in total. The van der Waals surface area contributed by atoms with Gasteiger partial charge in [0.15, 0.2) is 5.65 Å². The molecule has 7 heteroatoms. The molecule has 0 aliphatic heterocycles. The van der Waals surface area contributed by atoms with Gasteiger partial charge in [0.1, 0.15) is 5.82 Å². The Bertz CT molecular complexity index is 1190. The first-order valence-electron chi connectivity index (χ1n) is 13.1. The maximum absolute atomic E-state index is 13.5. The highest BCUT2D eigenvalue weighted by atomic mass is 16.4. The van der Waals surface area contributed by atoms with E-state index in [1.165, 1.54) is 12.0 Å². The second kappa shape index (κ2) is 11.1. The molecule has 0 radical (unpaired) electrons. The summed E-state index contributed by atoms with van der Waals surface area (Å²) in [5.74, 6) is -0.0700. The minimum absolute atomic E-state index is 0.0624. The molecule has 7 nitrogen and oxygen atoms in total. The summed E-state index contributed by atoms with van der Waals surface area (Å²) in [5, 5.41) is 16.1. The minimum Gasteiger partial charge on any atom is -0.481 e. The summed E-state index contributed by atoms with van der Waals surface area (Å²) in [4.78, 5) is 30.0. The number of anilines is 1. The fraction of sp³-hybridized carbons (Fsp3) is 0.483. The standard InChI is InChI=1S/C29H38N4O3/c1-29(2,3)32-27-23(17-16-20-11-6-4-7-12-20)30-26-22(15-10-18-33(26)27)28(36)31-24(19-25(34)35)21-13-8-5-9-14-21/h4,6-7,10-12,15,18,21,24,32H,5,8-9,13-14,16-17,19H2,1-3H3,(H,31,36)(H,34,35). The van der Waals surface area contributed by atoms with Crippen LogP contribution in [0.1, 0.15) is 80.9 Å². The van der Waals surface area contributed by atoms with Crippen LogP contribution in [0.25, 0.3) is 5.65 Å². The van der Waals surface area contributed by atoms with E-state index in [4.69, 9.17) is 4.98 Å². The van der Waals surface area contributed by atoms with E-state index in [0.717, 1.165) is 50.0 Å². The van der Waals surface area contributed by atoms with Crippen molar-refractivity contribution >= 4 is 23.3 Å². The molecular weight excluding hydrogens is 452 g/mol. The Morgan fingerprint density at radius 2 is 1.78 bits per heavy atom. The molecule has 1 amide bonds. The molecule has 2 heterocycles. The molecule has 0 bridgehead atoms. The van der Waals surface area contributed by atoms with E-state index in [1.807, 2.05) is 34.9 Å². The Balaban J connectivity index is 1.65. The smallest absolute Gasteiger partial charge is 0.305 e. The number of hydrogen-bond acceptors (Lipinski definition) is 4. The third-order valence-electron chi connectivity index (χ3n) is 6.88. The highest BCUT2D eigenvalue weighted by Crippen LogP contribution is 2.29. The molecule has 1 aliphatic carbocycles. The molecular formula is C29H38N4O3. The minimum atomic E-state index is -0.884. The first-order valence-corrected chi connectivity index (χ1v) is 13.1. The second-order valence-electron chi connectivity index (χ2n) is 11.0. The number of nitrogens with one attached hydrogen (secondary N) is 2. The molecule has 2 aromatic heterocycles. The van der Waals surface area contributed by atoms with Crippen LogP contribution in [0.3, 0.4) is 0 Å². The van der Waals surface area contributed by atoms with Crippen molar-refractivity contribution in [3.8, 4) is 0 Å². The largest absolute Gasteiger partial charge is 0.481 e. The van der Waals surface area contributed by atoms with Crippen molar-refractivity contribution in [2.24, 2.45) is 5.92 Å². The number of amides is 1. The van der Waals surface area contributed by atoms with Gasteiger partial charge in [0.05, 0.1) is 17.7 Å². The van der Waals surface area contributed by atoms with E-state index >= 15 is 0 Å². The number of fused-ring (bicyclic) bond motifs is 1. The van der Waals surface area contributed by atoms with Crippen molar-refractivity contribution in [1.82, 2.24) is 14.7 Å². The summed E-state index contributed by atoms with van der Waals surface area (Å²) in [6.07, 6.45) is 8.68. The van der Waals surface area contributed by atoms with Gasteiger partial charge in [-0.05, 0) is 70.1 Å². The van der Waals surface area contributed by atoms with Gasteiger partial charge in [-0.3, -0.25) is 14.0 Å². The van der Waals surface area contributed by atoms with Gasteiger partial charge < -0.3 is 15.7 Å². The molecule has 0 spiro atoms. The average Bonchev–Trinajstić information content (AvgIpc) is 3.19. The fourth-order valence-electron chi connectivity index (χ4n) is 5.17. The van der Waals surface area contributed by atoms with Crippen molar-refractivity contribution in [1.29, 1.82) is 0 Å². The number of benzene rings is 1. The van der Waals surface area contributed by atoms with Crippen molar-refractivity contribution < 1.29 is 14.7 Å². The highest BCUT2D eigenvalue weighted by molar-refractivity contribution is 6.00. The zero-order chi connectivity index (χ0) is 25.7. The summed E-state index contributed by atoms with van der Waals surface area (Å²) in [5.41, 5.74) is 3.00. The molecule has 1 fully saturated rings. The Hall–Kier alpha value is -3.35. The van der Waals surface area contributed by atoms with Gasteiger partial charge in [-0.2, -0.15) is 0 Å². The van der Waals surface area contributed by atoms with Gasteiger partial charge in [-0.15, -0.1) is 0 Å². The average molecular weight is 491 g/mol. The van der Waals surface area contributed by atoms with Gasteiger partial charge in [-0.1, -0.05) is 49.6 Å². The number of hydrogen-bond donors (Lipinski definition) is 3. The molecule has 0 saturated heterocycles. The molecule has 1 saturated carbocycles. The van der Waals surface area contributed by atoms with E-state index in [0.29, 0.717) is 11.2 Å². The van der Waals surface area contributed by atoms with E-state index in [9.17, 15) is 14.7 Å². The number of carbonyl (C=O) groups is 2. The fourth-order valence-corrected chi connectivity index (χ4v) is 5.17. The van der Waals surface area contributed by atoms with Crippen LogP contribution < -0.4 is 10.6 Å². The van der Waals surface area contributed by atoms with Gasteiger partial charge in [-0.25, -0.2) is 4.98 Å². The number of nitrogens with zero attached hydrogens (tertiary/aromatic N) is 2. The Kier molecular flexibility index (Phi) is 7.97. The van der Waals surface area contributed by atoms with Gasteiger partial charge in [0.2, 0.25) is 0 Å². The quantitative estimate of drug-likeness (QED) is 0.369. The molecule has 1 aliphatic rings. The zero-order valence-electron chi connectivity index (χ0n) is 21.6. The number of pyridine rings is 1. The summed E-state index contributed by atoms with van der Waals surface area (Å²) in [7, 11) is 0. The Morgan fingerprint density at radius 3 is 2.44 bits per heavy atom. The van der Waals surface area contributed by atoms with Gasteiger partial charge in [0.25, 0.3) is 5.91 Å². The molecule has 1 atom stereocenters. The summed E-state index contributed by atoms with van der Waals surface area (Å²) in [6.45, 7) is 6.31. The van der Waals surface area contributed by atoms with Crippen LogP contribution >= 0.6 is 0 Å². The van der Waals surface area contributed by atoms with Crippen LogP contribution in [-0.2, 0) is 17.6 Å². The molecule has 1 unspecified atom stereocenters. The van der Waals surface area contributed by atoms with E-state index in [2.05, 4.69) is 43.5 Å². The number of imidazole rings is 1. The second-order valence-corrected chi connectivity index (χ2v) is 11.0. The number of carboxylic acids is 1. The predicted octanol–water partition coefficient (Wildman–Crippen LogP) is 5.48. The van der Waals surface area contributed by atoms with Crippen LogP contribution in [0, 0.1) is 5.92 Å². The first kappa shape index (κ1) is 25.7. The SMILES string of the molecule is CC(C)(C)Nc1c(CCc2ccccc2)nc2c(C(=O)NC(CC(=O)O)C3CCCCC3)cccn12. The Morgan fingerprint density at radius 1 is 1.06 bits per heavy atom. The molecule has 36 heavy (non-hydrogen) atoms. The topological polar surface area (TPSA) is 95.7 Å². The summed E-state index contributed by atoms with van der Waals surface area (Å²) < 4.78 is 1.95. The lowest BCUT2D eigenvalue weighted by atomic mass is 9.82. The summed E-state index contributed by atoms with van der Waals surface area (Å²) in [6, 6.07) is 13.6. The van der Waals surface area contributed by atoms with Gasteiger partial charge in [0, 0.05) is 17.8 Å². The maximum atomic E-state index is 13.5. The van der Waals surface area contributed by atoms with Crippen LogP contribution in [0.5, 0.6) is 0 Å². The number of carboxylic acid groups (broad SMARTS) is 1. The highest BCUT2D eigenvalue weighted by Gasteiger charge is 2.29. The van der Waals surface area contributed by atoms with Crippen molar-refractivity contribution in [3.63, 3.8) is 0 Å². The van der Waals surface area contributed by atoms with Crippen molar-refractivity contribution in [3.05, 3.63) is 65.5 Å². The van der Waals surface area contributed by atoms with Crippen LogP contribution in [0.15, 0.2) is 48.7 Å². The van der Waals surface area contributed by atoms with Crippen LogP contribution in [-0.4, -0.2) is 37.9 Å². The maximum Gasteiger partial charge on any atom is 0.305 e. The van der Waals surface area contributed by atoms with Gasteiger partial charge >= 0.3 is 5.97 Å². The number of aromatic nitrogens is 2. The number of aryl methyl sites for hydroxylation is 2. The van der Waals surface area contributed by atoms with Crippen LogP contribution in [0.4, 0.5) is 5.82 Å². The lowest BCUT2D eigenvalue weighted by Crippen LogP contribution is -2.42. The van der Waals surface area contributed by atoms with E-state index in [1.54, 1.807) is 6.07 Å². The van der Waals surface area contributed by atoms with Crippen LogP contribution in [0.2, 0.25) is 0 Å². The zero-order valence-corrected chi connectivity index (χ0v) is 21.6. The first-order chi connectivity index (χ1) is 17.2. The third kappa shape index (κ3) is 6.45. The lowest BCUT2D eigenvalue weighted by Gasteiger charge is -2.30. The summed E-state index contributed by atoms with van der Waals surface area (Å²) >= 11 is 0. The normalized spacial score (nSPS) is 15.5. The number of carbonyl (C=O) groups excluding carboxylic acids is 1. The molecule has 4 rings (SSSR count). The van der Waals surface area contributed by atoms with E-state index < -0.39 is 5.97 Å². The van der Waals surface area contributed by atoms with Crippen molar-refractivity contribution in [2.75, 3.05) is 5.32 Å². The predicted molar refractivity (Wildman–Crippen MR) is 142 cm³/mol. The van der Waals surface area contributed by atoms with E-state index in [-0.39, 0.29) is 29.8 Å². The number of aliphatic carboxylic acids is 1. The molecule has 192 valence electrons. The molecule has 1 aromatic carbocycles. The van der Waals surface area contributed by atoms with Crippen molar-refractivity contribution in [2.45, 2.75) is 83.7 Å². The Labute approximate surface area is 213 Å². The lowest BCUT2D eigenvalue weighted by molar-refractivity contribution is -0.137. The third-order valence-corrected chi connectivity index (χ3v) is 6.88.